The molecule has 1 heterocycles. The minimum atomic E-state index is -0.131. The number of hydrogen-bond acceptors (Lipinski definition) is 4. The lowest BCUT2D eigenvalue weighted by molar-refractivity contribution is 0.0938. The van der Waals surface area contributed by atoms with E-state index in [0.29, 0.717) is 10.8 Å². The standard InChI is InChI=1S/C12H16BrN3OS/c1-18-9-3-2-8(5-9)16-12(17)10-4-7(13)6-15-11(10)14/h4,6,8-9H,2-3,5H2,1H3,(H2,14,15)(H,16,17). The molecule has 1 aliphatic carbocycles. The zero-order chi connectivity index (χ0) is 13.1. The summed E-state index contributed by atoms with van der Waals surface area (Å²) in [5.74, 6) is 0.142. The second-order valence-corrected chi connectivity index (χ2v) is 6.48. The van der Waals surface area contributed by atoms with E-state index in [-0.39, 0.29) is 17.8 Å². The molecule has 1 aromatic heterocycles. The molecule has 0 saturated heterocycles. The molecule has 0 radical (unpaired) electrons. The fraction of sp³-hybridized carbons (Fsp3) is 0.500. The Balaban J connectivity index is 2.02. The van der Waals surface area contributed by atoms with E-state index in [1.54, 1.807) is 12.3 Å². The van der Waals surface area contributed by atoms with E-state index in [4.69, 9.17) is 5.73 Å². The molecule has 18 heavy (non-hydrogen) atoms. The number of nitrogen functional groups attached to an aromatic ring is 1. The number of nitrogens with two attached hydrogens (primary N) is 1. The van der Waals surface area contributed by atoms with Gasteiger partial charge in [0.05, 0.1) is 5.56 Å². The number of nitrogens with one attached hydrogen (secondary N) is 1. The van der Waals surface area contributed by atoms with Crippen LogP contribution in [0.25, 0.3) is 0 Å². The summed E-state index contributed by atoms with van der Waals surface area (Å²) < 4.78 is 0.760. The van der Waals surface area contributed by atoms with Gasteiger partial charge in [-0.25, -0.2) is 4.98 Å². The number of carbonyl (C=O) groups is 1. The van der Waals surface area contributed by atoms with E-state index in [1.807, 2.05) is 11.8 Å². The number of amides is 1. The Bertz CT molecular complexity index is 455. The van der Waals surface area contributed by atoms with Crippen LogP contribution in [0, 0.1) is 0 Å². The van der Waals surface area contributed by atoms with Crippen molar-refractivity contribution in [3.05, 3.63) is 22.3 Å². The van der Waals surface area contributed by atoms with Gasteiger partial charge in [-0.15, -0.1) is 0 Å². The van der Waals surface area contributed by atoms with Crippen molar-refractivity contribution in [2.75, 3.05) is 12.0 Å². The Hall–Kier alpha value is -0.750. The molecule has 3 N–H and O–H groups in total. The van der Waals surface area contributed by atoms with Crippen molar-refractivity contribution in [2.24, 2.45) is 0 Å². The second-order valence-electron chi connectivity index (χ2n) is 4.43. The average molecular weight is 330 g/mol. The Kier molecular flexibility index (Phi) is 4.50. The third kappa shape index (κ3) is 3.17. The second kappa shape index (κ2) is 5.93. The van der Waals surface area contributed by atoms with Gasteiger partial charge in [-0.3, -0.25) is 4.79 Å². The summed E-state index contributed by atoms with van der Waals surface area (Å²) in [5.41, 5.74) is 6.16. The lowest BCUT2D eigenvalue weighted by Crippen LogP contribution is -2.33. The third-order valence-electron chi connectivity index (χ3n) is 3.18. The van der Waals surface area contributed by atoms with Gasteiger partial charge in [0.1, 0.15) is 5.82 Å². The maximum absolute atomic E-state index is 12.1. The molecule has 2 rings (SSSR count). The molecule has 1 aromatic rings. The van der Waals surface area contributed by atoms with Gasteiger partial charge in [0.15, 0.2) is 0 Å². The summed E-state index contributed by atoms with van der Waals surface area (Å²) in [7, 11) is 0. The van der Waals surface area contributed by atoms with Crippen molar-refractivity contribution in [2.45, 2.75) is 30.6 Å². The molecule has 0 bridgehead atoms. The number of pyridine rings is 1. The zero-order valence-corrected chi connectivity index (χ0v) is 12.6. The largest absolute Gasteiger partial charge is 0.383 e. The van der Waals surface area contributed by atoms with Crippen molar-refractivity contribution in [3.8, 4) is 0 Å². The predicted octanol–water partition coefficient (Wildman–Crippen LogP) is 2.44. The SMILES string of the molecule is CSC1CCC(NC(=O)c2cc(Br)cnc2N)C1. The summed E-state index contributed by atoms with van der Waals surface area (Å²) in [4.78, 5) is 16.1. The number of anilines is 1. The Morgan fingerprint density at radius 2 is 2.39 bits per heavy atom. The normalized spacial score (nSPS) is 23.0. The van der Waals surface area contributed by atoms with Crippen LogP contribution in [0.15, 0.2) is 16.7 Å². The predicted molar refractivity (Wildman–Crippen MR) is 78.8 cm³/mol. The summed E-state index contributed by atoms with van der Waals surface area (Å²) >= 11 is 5.17. The molecule has 2 atom stereocenters. The number of nitrogens with zero attached hydrogens (tertiary/aromatic N) is 1. The molecule has 2 unspecified atom stereocenters. The number of aromatic nitrogens is 1. The molecule has 1 fully saturated rings. The van der Waals surface area contributed by atoms with E-state index in [9.17, 15) is 4.79 Å². The molecule has 0 spiro atoms. The van der Waals surface area contributed by atoms with Crippen LogP contribution < -0.4 is 11.1 Å². The fourth-order valence-electron chi connectivity index (χ4n) is 2.18. The van der Waals surface area contributed by atoms with Gasteiger partial charge < -0.3 is 11.1 Å². The third-order valence-corrected chi connectivity index (χ3v) is 4.71. The monoisotopic (exact) mass is 329 g/mol. The van der Waals surface area contributed by atoms with Gasteiger partial charge in [0, 0.05) is 22.0 Å². The number of carbonyl (C=O) groups excluding carboxylic acids is 1. The highest BCUT2D eigenvalue weighted by atomic mass is 79.9. The maximum Gasteiger partial charge on any atom is 0.255 e. The summed E-state index contributed by atoms with van der Waals surface area (Å²) in [5, 5.41) is 3.69. The smallest absolute Gasteiger partial charge is 0.255 e. The molecule has 0 aliphatic heterocycles. The molecule has 1 saturated carbocycles. The summed E-state index contributed by atoms with van der Waals surface area (Å²) in [6.45, 7) is 0. The number of halogens is 1. The molecule has 98 valence electrons. The Morgan fingerprint density at radius 1 is 1.61 bits per heavy atom. The first-order valence-corrected chi connectivity index (χ1v) is 7.93. The van der Waals surface area contributed by atoms with E-state index in [2.05, 4.69) is 32.5 Å². The molecule has 1 amide bonds. The van der Waals surface area contributed by atoms with Gasteiger partial charge in [0.25, 0.3) is 5.91 Å². The van der Waals surface area contributed by atoms with E-state index in [0.717, 1.165) is 17.3 Å². The van der Waals surface area contributed by atoms with Crippen LogP contribution in [-0.4, -0.2) is 28.4 Å². The van der Waals surface area contributed by atoms with Crippen molar-refractivity contribution >= 4 is 39.4 Å². The van der Waals surface area contributed by atoms with E-state index < -0.39 is 0 Å². The lowest BCUT2D eigenvalue weighted by Gasteiger charge is -2.13. The van der Waals surface area contributed by atoms with E-state index >= 15 is 0 Å². The first-order valence-electron chi connectivity index (χ1n) is 5.85. The van der Waals surface area contributed by atoms with Crippen LogP contribution in [0.4, 0.5) is 5.82 Å². The summed E-state index contributed by atoms with van der Waals surface area (Å²) in [6.07, 6.45) is 6.95. The minimum absolute atomic E-state index is 0.131. The van der Waals surface area contributed by atoms with Crippen LogP contribution in [0.1, 0.15) is 29.6 Å². The van der Waals surface area contributed by atoms with Crippen molar-refractivity contribution in [1.29, 1.82) is 0 Å². The Morgan fingerprint density at radius 3 is 3.06 bits per heavy atom. The molecular weight excluding hydrogens is 314 g/mol. The van der Waals surface area contributed by atoms with Gasteiger partial charge in [0.2, 0.25) is 0 Å². The van der Waals surface area contributed by atoms with Crippen LogP contribution in [-0.2, 0) is 0 Å². The van der Waals surface area contributed by atoms with Crippen LogP contribution in [0.5, 0.6) is 0 Å². The number of rotatable bonds is 3. The minimum Gasteiger partial charge on any atom is -0.383 e. The van der Waals surface area contributed by atoms with Gasteiger partial charge >= 0.3 is 0 Å². The highest BCUT2D eigenvalue weighted by molar-refractivity contribution is 9.10. The average Bonchev–Trinajstić information content (AvgIpc) is 2.80. The zero-order valence-electron chi connectivity index (χ0n) is 10.1. The van der Waals surface area contributed by atoms with Gasteiger partial charge in [-0.1, -0.05) is 0 Å². The first kappa shape index (κ1) is 13.7. The maximum atomic E-state index is 12.1. The molecule has 0 aromatic carbocycles. The fourth-order valence-corrected chi connectivity index (χ4v) is 3.31. The molecule has 6 heteroatoms. The van der Waals surface area contributed by atoms with Crippen molar-refractivity contribution in [3.63, 3.8) is 0 Å². The highest BCUT2D eigenvalue weighted by Gasteiger charge is 2.26. The van der Waals surface area contributed by atoms with Gasteiger partial charge in [-0.05, 0) is 47.5 Å². The molecule has 4 nitrogen and oxygen atoms in total. The summed E-state index contributed by atoms with van der Waals surface area (Å²) in [6, 6.07) is 1.96. The van der Waals surface area contributed by atoms with E-state index in [1.165, 1.54) is 6.42 Å². The van der Waals surface area contributed by atoms with Crippen LogP contribution >= 0.6 is 27.7 Å². The van der Waals surface area contributed by atoms with Crippen molar-refractivity contribution in [1.82, 2.24) is 10.3 Å². The quantitative estimate of drug-likeness (QED) is 0.893. The van der Waals surface area contributed by atoms with Crippen molar-refractivity contribution < 1.29 is 4.79 Å². The topological polar surface area (TPSA) is 68.0 Å². The number of hydrogen-bond donors (Lipinski definition) is 2. The Labute approximate surface area is 119 Å². The highest BCUT2D eigenvalue weighted by Crippen LogP contribution is 2.28. The number of thioether (sulfide) groups is 1. The van der Waals surface area contributed by atoms with Gasteiger partial charge in [-0.2, -0.15) is 11.8 Å². The first-order chi connectivity index (χ1) is 8.60. The lowest BCUT2D eigenvalue weighted by atomic mass is 10.2. The molecular formula is C12H16BrN3OS. The molecule has 1 aliphatic rings. The van der Waals surface area contributed by atoms with Crippen LogP contribution in [0.2, 0.25) is 0 Å². The van der Waals surface area contributed by atoms with Crippen LogP contribution in [0.3, 0.4) is 0 Å².